The molecule has 1 atom stereocenters. The van der Waals surface area contributed by atoms with Crippen molar-refractivity contribution in [1.82, 2.24) is 25.1 Å². The lowest BCUT2D eigenvalue weighted by molar-refractivity contribution is -0.124. The Hall–Kier alpha value is -3.69. The Labute approximate surface area is 228 Å². The first kappa shape index (κ1) is 27.3. The molecular weight excluding hydrogens is 502 g/mol. The number of halogens is 1. The minimum Gasteiger partial charge on any atom is -0.457 e. The maximum Gasteiger partial charge on any atom is 0.237 e. The normalized spacial score (nSPS) is 18.1. The Morgan fingerprint density at radius 2 is 1.66 bits per heavy atom. The van der Waals surface area contributed by atoms with Gasteiger partial charge >= 0.3 is 0 Å². The zero-order valence-electron chi connectivity index (χ0n) is 21.6. The Kier molecular flexibility index (Phi) is 8.48. The summed E-state index contributed by atoms with van der Waals surface area (Å²) < 4.78 is 7.91. The number of nitrogens with two attached hydrogens (primary N) is 2. The van der Waals surface area contributed by atoms with Crippen LogP contribution in [-0.4, -0.2) is 37.7 Å². The summed E-state index contributed by atoms with van der Waals surface area (Å²) in [6.07, 6.45) is 4.92. The second kappa shape index (κ2) is 11.8. The summed E-state index contributed by atoms with van der Waals surface area (Å²) in [7, 11) is 0. The summed E-state index contributed by atoms with van der Waals surface area (Å²) in [5.74, 6) is 1.94. The zero-order chi connectivity index (χ0) is 25.9. The molecule has 200 valence electrons. The van der Waals surface area contributed by atoms with Gasteiger partial charge in [-0.2, -0.15) is 5.10 Å². The van der Waals surface area contributed by atoms with E-state index < -0.39 is 6.04 Å². The fourth-order valence-corrected chi connectivity index (χ4v) is 4.82. The lowest BCUT2D eigenvalue weighted by atomic mass is 9.90. The van der Waals surface area contributed by atoms with Crippen LogP contribution in [0.4, 0.5) is 5.82 Å². The van der Waals surface area contributed by atoms with Crippen LogP contribution in [0.25, 0.3) is 22.3 Å². The zero-order valence-corrected chi connectivity index (χ0v) is 22.4. The van der Waals surface area contributed by atoms with Gasteiger partial charge in [0.2, 0.25) is 5.91 Å². The highest BCUT2D eigenvalue weighted by Crippen LogP contribution is 2.36. The van der Waals surface area contributed by atoms with Crippen LogP contribution in [0.3, 0.4) is 0 Å². The van der Waals surface area contributed by atoms with Gasteiger partial charge in [-0.05, 0) is 68.0 Å². The number of anilines is 1. The molecule has 9 nitrogen and oxygen atoms in total. The van der Waals surface area contributed by atoms with Crippen molar-refractivity contribution < 1.29 is 9.53 Å². The average Bonchev–Trinajstić information content (AvgIpc) is 3.30. The highest BCUT2D eigenvalue weighted by molar-refractivity contribution is 5.98. The maximum atomic E-state index is 12.4. The SMILES string of the molecule is CC(C)[C@@H](N)C(=O)NC1CCC(n2nc(-c3ccc(Oc4ccccc4)cc3)c3c(N)ncnc32)CC1.Cl. The number of ether oxygens (including phenoxy) is 1. The monoisotopic (exact) mass is 535 g/mol. The molecule has 2 aromatic heterocycles. The number of aromatic nitrogens is 4. The molecule has 0 radical (unpaired) electrons. The molecule has 1 amide bonds. The minimum absolute atomic E-state index is 0. The number of nitrogens with zero attached hydrogens (tertiary/aromatic N) is 4. The maximum absolute atomic E-state index is 12.4. The van der Waals surface area contributed by atoms with E-state index in [1.54, 1.807) is 0 Å². The average molecular weight is 536 g/mol. The van der Waals surface area contributed by atoms with Crippen LogP contribution >= 0.6 is 12.4 Å². The second-order valence-electron chi connectivity index (χ2n) is 9.97. The van der Waals surface area contributed by atoms with Crippen LogP contribution < -0.4 is 21.5 Å². The molecule has 1 saturated carbocycles. The van der Waals surface area contributed by atoms with E-state index in [0.717, 1.165) is 59.5 Å². The van der Waals surface area contributed by atoms with Gasteiger partial charge in [-0.3, -0.25) is 4.79 Å². The van der Waals surface area contributed by atoms with E-state index in [1.165, 1.54) is 6.33 Å². The van der Waals surface area contributed by atoms with Crippen LogP contribution in [0.1, 0.15) is 45.6 Å². The lowest BCUT2D eigenvalue weighted by Gasteiger charge is -2.30. The fraction of sp³-hybridized carbons (Fsp3) is 0.357. The number of carbonyl (C=O) groups is 1. The topological polar surface area (TPSA) is 134 Å². The van der Waals surface area contributed by atoms with Crippen LogP contribution in [0.5, 0.6) is 11.5 Å². The number of rotatable bonds is 7. The van der Waals surface area contributed by atoms with E-state index in [2.05, 4.69) is 15.3 Å². The molecule has 5 rings (SSSR count). The van der Waals surface area contributed by atoms with Gasteiger partial charge in [-0.15, -0.1) is 12.4 Å². The van der Waals surface area contributed by atoms with E-state index in [4.69, 9.17) is 21.3 Å². The van der Waals surface area contributed by atoms with Crippen LogP contribution in [-0.2, 0) is 4.79 Å². The number of nitrogen functional groups attached to an aromatic ring is 1. The van der Waals surface area contributed by atoms with E-state index >= 15 is 0 Å². The van der Waals surface area contributed by atoms with Gasteiger partial charge in [-0.1, -0.05) is 32.0 Å². The molecule has 1 aliphatic carbocycles. The summed E-state index contributed by atoms with van der Waals surface area (Å²) in [6, 6.07) is 17.2. The molecule has 4 aromatic rings. The van der Waals surface area contributed by atoms with Gasteiger partial charge in [-0.25, -0.2) is 14.6 Å². The predicted molar refractivity (Wildman–Crippen MR) is 151 cm³/mol. The molecule has 5 N–H and O–H groups in total. The molecule has 0 bridgehead atoms. The van der Waals surface area contributed by atoms with Gasteiger partial charge < -0.3 is 21.5 Å². The first-order chi connectivity index (χ1) is 17.9. The fourth-order valence-electron chi connectivity index (χ4n) is 4.82. The summed E-state index contributed by atoms with van der Waals surface area (Å²) in [5.41, 5.74) is 14.7. The molecule has 38 heavy (non-hydrogen) atoms. The van der Waals surface area contributed by atoms with Crippen LogP contribution in [0, 0.1) is 5.92 Å². The summed E-state index contributed by atoms with van der Waals surface area (Å²) in [6.45, 7) is 3.91. The number of amides is 1. The van der Waals surface area contributed by atoms with Gasteiger partial charge in [0.1, 0.15) is 29.3 Å². The molecule has 0 saturated heterocycles. The Morgan fingerprint density at radius 3 is 2.32 bits per heavy atom. The molecule has 0 spiro atoms. The summed E-state index contributed by atoms with van der Waals surface area (Å²) in [4.78, 5) is 21.2. The molecule has 1 fully saturated rings. The predicted octanol–water partition coefficient (Wildman–Crippen LogP) is 4.87. The highest BCUT2D eigenvalue weighted by atomic mass is 35.5. The number of nitrogens with one attached hydrogen (secondary N) is 1. The Balaban J connectivity index is 0.00000336. The minimum atomic E-state index is -0.487. The van der Waals surface area contributed by atoms with Crippen molar-refractivity contribution in [3.05, 3.63) is 60.9 Å². The first-order valence-electron chi connectivity index (χ1n) is 12.8. The van der Waals surface area contributed by atoms with Crippen molar-refractivity contribution in [2.24, 2.45) is 11.7 Å². The smallest absolute Gasteiger partial charge is 0.237 e. The third-order valence-electron chi connectivity index (χ3n) is 7.03. The number of hydrogen-bond acceptors (Lipinski definition) is 7. The third-order valence-corrected chi connectivity index (χ3v) is 7.03. The van der Waals surface area contributed by atoms with Gasteiger partial charge in [0.05, 0.1) is 17.5 Å². The number of benzene rings is 2. The molecular formula is C28H34ClN7O2. The van der Waals surface area contributed by atoms with Gasteiger partial charge in [0.25, 0.3) is 0 Å². The van der Waals surface area contributed by atoms with Crippen molar-refractivity contribution >= 4 is 35.2 Å². The largest absolute Gasteiger partial charge is 0.457 e. The summed E-state index contributed by atoms with van der Waals surface area (Å²) in [5, 5.41) is 8.85. The van der Waals surface area contributed by atoms with Crippen molar-refractivity contribution in [1.29, 1.82) is 0 Å². The van der Waals surface area contributed by atoms with Crippen molar-refractivity contribution in [3.8, 4) is 22.8 Å². The van der Waals surface area contributed by atoms with E-state index in [-0.39, 0.29) is 36.3 Å². The Bertz CT molecular complexity index is 1370. The van der Waals surface area contributed by atoms with E-state index in [9.17, 15) is 4.79 Å². The number of fused-ring (bicyclic) bond motifs is 1. The van der Waals surface area contributed by atoms with Crippen molar-refractivity contribution in [3.63, 3.8) is 0 Å². The molecule has 0 unspecified atom stereocenters. The molecule has 2 aromatic carbocycles. The van der Waals surface area contributed by atoms with E-state index in [0.29, 0.717) is 5.82 Å². The van der Waals surface area contributed by atoms with Gasteiger partial charge in [0.15, 0.2) is 5.65 Å². The lowest BCUT2D eigenvalue weighted by Crippen LogP contribution is -2.48. The number of hydrogen-bond donors (Lipinski definition) is 3. The van der Waals surface area contributed by atoms with Gasteiger partial charge in [0, 0.05) is 11.6 Å². The number of carbonyl (C=O) groups excluding carboxylic acids is 1. The molecule has 1 aliphatic rings. The van der Waals surface area contributed by atoms with E-state index in [1.807, 2.05) is 73.1 Å². The quantitative estimate of drug-likeness (QED) is 0.307. The van der Waals surface area contributed by atoms with Crippen molar-refractivity contribution in [2.45, 2.75) is 57.7 Å². The molecule has 2 heterocycles. The summed E-state index contributed by atoms with van der Waals surface area (Å²) >= 11 is 0. The van der Waals surface area contributed by atoms with Crippen LogP contribution in [0.2, 0.25) is 0 Å². The molecule has 10 heteroatoms. The Morgan fingerprint density at radius 1 is 1.00 bits per heavy atom. The first-order valence-corrected chi connectivity index (χ1v) is 12.8. The second-order valence-corrected chi connectivity index (χ2v) is 9.97. The van der Waals surface area contributed by atoms with Crippen LogP contribution in [0.15, 0.2) is 60.9 Å². The third kappa shape index (κ3) is 5.74. The molecule has 0 aliphatic heterocycles. The van der Waals surface area contributed by atoms with Crippen molar-refractivity contribution in [2.75, 3.05) is 5.73 Å². The number of para-hydroxylation sites is 1. The standard InChI is InChI=1S/C28H33N7O2.ClH/c1-17(2)24(29)28(36)33-19-10-12-20(13-11-19)35-27-23(26(30)31-16-32-27)25(34-35)18-8-14-22(15-9-18)37-21-6-4-3-5-7-21;/h3-9,14-17,19-20,24H,10-13,29H2,1-2H3,(H,33,36)(H2,30,31,32);1H/t19?,20?,24-;/m1./s1. The highest BCUT2D eigenvalue weighted by Gasteiger charge is 2.29.